The second-order valence-corrected chi connectivity index (χ2v) is 3.10. The zero-order valence-corrected chi connectivity index (χ0v) is 7.65. The van der Waals surface area contributed by atoms with Gasteiger partial charge >= 0.3 is 5.97 Å². The van der Waals surface area contributed by atoms with Crippen molar-refractivity contribution in [3.8, 4) is 0 Å². The van der Waals surface area contributed by atoms with Crippen LogP contribution < -0.4 is 0 Å². The summed E-state index contributed by atoms with van der Waals surface area (Å²) in [7, 11) is 0. The van der Waals surface area contributed by atoms with Gasteiger partial charge in [-0.3, -0.25) is 0 Å². The average molecular weight is 210 g/mol. The van der Waals surface area contributed by atoms with E-state index in [1.54, 1.807) is 12.1 Å². The highest BCUT2D eigenvalue weighted by Gasteiger charge is 2.25. The van der Waals surface area contributed by atoms with Crippen molar-refractivity contribution in [3.63, 3.8) is 0 Å². The SMILES string of the molecule is [N-]=[N+]=Nc1c(Cl)ccc2c1C(=O)OC2. The highest BCUT2D eigenvalue weighted by Crippen LogP contribution is 2.35. The Balaban J connectivity index is 2.74. The minimum Gasteiger partial charge on any atom is -0.457 e. The Morgan fingerprint density at radius 2 is 2.36 bits per heavy atom. The molecule has 0 N–H and O–H groups in total. The van der Waals surface area contributed by atoms with Crippen LogP contribution in [0.1, 0.15) is 15.9 Å². The summed E-state index contributed by atoms with van der Waals surface area (Å²) in [6.07, 6.45) is 0. The number of halogens is 1. The number of benzene rings is 1. The molecule has 0 aliphatic carbocycles. The van der Waals surface area contributed by atoms with E-state index < -0.39 is 5.97 Å². The van der Waals surface area contributed by atoms with Crippen molar-refractivity contribution in [2.45, 2.75) is 6.61 Å². The van der Waals surface area contributed by atoms with Crippen LogP contribution in [-0.2, 0) is 11.3 Å². The zero-order valence-electron chi connectivity index (χ0n) is 6.90. The van der Waals surface area contributed by atoms with Crippen LogP contribution in [0.3, 0.4) is 0 Å². The molecule has 0 spiro atoms. The van der Waals surface area contributed by atoms with Gasteiger partial charge < -0.3 is 4.74 Å². The van der Waals surface area contributed by atoms with Gasteiger partial charge in [0.05, 0.1) is 16.3 Å². The molecule has 0 radical (unpaired) electrons. The molecule has 2 rings (SSSR count). The summed E-state index contributed by atoms with van der Waals surface area (Å²) >= 11 is 5.78. The number of esters is 1. The first-order chi connectivity index (χ1) is 6.74. The van der Waals surface area contributed by atoms with E-state index in [1.165, 1.54) is 0 Å². The number of rotatable bonds is 1. The summed E-state index contributed by atoms with van der Waals surface area (Å²) in [5.41, 5.74) is 9.43. The highest BCUT2D eigenvalue weighted by molar-refractivity contribution is 6.33. The van der Waals surface area contributed by atoms with Crippen LogP contribution in [0.4, 0.5) is 5.69 Å². The molecule has 6 heteroatoms. The monoisotopic (exact) mass is 209 g/mol. The van der Waals surface area contributed by atoms with Gasteiger partial charge in [0.25, 0.3) is 0 Å². The summed E-state index contributed by atoms with van der Waals surface area (Å²) < 4.78 is 4.78. The molecule has 0 saturated heterocycles. The van der Waals surface area contributed by atoms with Crippen LogP contribution in [-0.4, -0.2) is 5.97 Å². The predicted molar refractivity (Wildman–Crippen MR) is 49.4 cm³/mol. The van der Waals surface area contributed by atoms with Crippen LogP contribution in [0.5, 0.6) is 0 Å². The average Bonchev–Trinajstić information content (AvgIpc) is 2.53. The number of nitrogens with zero attached hydrogens (tertiary/aromatic N) is 3. The molecule has 0 saturated carbocycles. The topological polar surface area (TPSA) is 75.1 Å². The maximum atomic E-state index is 11.2. The minimum atomic E-state index is -0.495. The van der Waals surface area contributed by atoms with E-state index in [4.69, 9.17) is 21.9 Å². The number of azide groups is 1. The molecule has 1 aromatic rings. The molecule has 0 unspecified atom stereocenters. The van der Waals surface area contributed by atoms with Gasteiger partial charge in [0.15, 0.2) is 0 Å². The summed E-state index contributed by atoms with van der Waals surface area (Å²) in [5, 5.41) is 3.63. The van der Waals surface area contributed by atoms with Gasteiger partial charge in [0.1, 0.15) is 6.61 Å². The van der Waals surface area contributed by atoms with Gasteiger partial charge in [-0.1, -0.05) is 22.8 Å². The van der Waals surface area contributed by atoms with Crippen LogP contribution in [0.15, 0.2) is 17.2 Å². The molecule has 0 aromatic heterocycles. The van der Waals surface area contributed by atoms with E-state index in [0.29, 0.717) is 5.56 Å². The fourth-order valence-electron chi connectivity index (χ4n) is 1.31. The molecule has 0 bridgehead atoms. The first-order valence-electron chi connectivity index (χ1n) is 3.77. The van der Waals surface area contributed by atoms with E-state index >= 15 is 0 Å². The first kappa shape index (κ1) is 8.87. The van der Waals surface area contributed by atoms with E-state index in [-0.39, 0.29) is 22.9 Å². The largest absolute Gasteiger partial charge is 0.457 e. The van der Waals surface area contributed by atoms with E-state index in [1.807, 2.05) is 0 Å². The maximum Gasteiger partial charge on any atom is 0.339 e. The smallest absolute Gasteiger partial charge is 0.339 e. The van der Waals surface area contributed by atoms with Crippen molar-refractivity contribution < 1.29 is 9.53 Å². The number of hydrogen-bond donors (Lipinski definition) is 0. The van der Waals surface area contributed by atoms with Crippen molar-refractivity contribution in [2.24, 2.45) is 5.11 Å². The molecule has 0 amide bonds. The number of cyclic esters (lactones) is 1. The minimum absolute atomic E-state index is 0.147. The Morgan fingerprint density at radius 1 is 1.57 bits per heavy atom. The van der Waals surface area contributed by atoms with Crippen molar-refractivity contribution in [3.05, 3.63) is 38.7 Å². The van der Waals surface area contributed by atoms with E-state index in [9.17, 15) is 4.79 Å². The summed E-state index contributed by atoms with van der Waals surface area (Å²) in [6.45, 7) is 0.208. The molecular weight excluding hydrogens is 206 g/mol. The molecule has 5 nitrogen and oxygen atoms in total. The van der Waals surface area contributed by atoms with Crippen molar-refractivity contribution in [1.82, 2.24) is 0 Å². The van der Waals surface area contributed by atoms with Crippen LogP contribution in [0.25, 0.3) is 10.4 Å². The van der Waals surface area contributed by atoms with Gasteiger partial charge in [0.2, 0.25) is 0 Å². The summed E-state index contributed by atoms with van der Waals surface area (Å²) in [6, 6.07) is 3.26. The Bertz CT molecular complexity index is 466. The van der Waals surface area contributed by atoms with Gasteiger partial charge in [-0.25, -0.2) is 4.79 Å². The lowest BCUT2D eigenvalue weighted by Gasteiger charge is -2.00. The lowest BCUT2D eigenvalue weighted by atomic mass is 10.1. The Hall–Kier alpha value is -1.71. The number of fused-ring (bicyclic) bond motifs is 1. The first-order valence-corrected chi connectivity index (χ1v) is 4.15. The summed E-state index contributed by atoms with van der Waals surface area (Å²) in [4.78, 5) is 13.9. The van der Waals surface area contributed by atoms with Crippen LogP contribution in [0.2, 0.25) is 5.02 Å². The van der Waals surface area contributed by atoms with Crippen LogP contribution >= 0.6 is 11.6 Å². The normalized spacial score (nSPS) is 13.1. The highest BCUT2D eigenvalue weighted by atomic mass is 35.5. The predicted octanol–water partition coefficient (Wildman–Crippen LogP) is 2.95. The van der Waals surface area contributed by atoms with Gasteiger partial charge in [0, 0.05) is 10.5 Å². The number of hydrogen-bond acceptors (Lipinski definition) is 3. The Morgan fingerprint density at radius 3 is 3.07 bits per heavy atom. The number of ether oxygens (including phenoxy) is 1. The third kappa shape index (κ3) is 1.19. The molecule has 1 heterocycles. The zero-order chi connectivity index (χ0) is 10.1. The Labute approximate surface area is 83.9 Å². The quantitative estimate of drug-likeness (QED) is 0.309. The molecule has 70 valence electrons. The second kappa shape index (κ2) is 3.21. The van der Waals surface area contributed by atoms with Gasteiger partial charge in [-0.15, -0.1) is 0 Å². The third-order valence-corrected chi connectivity index (χ3v) is 2.23. The van der Waals surface area contributed by atoms with Crippen LogP contribution in [0, 0.1) is 0 Å². The molecule has 0 fully saturated rings. The second-order valence-electron chi connectivity index (χ2n) is 2.70. The van der Waals surface area contributed by atoms with Gasteiger partial charge in [-0.2, -0.15) is 0 Å². The lowest BCUT2D eigenvalue weighted by molar-refractivity contribution is 0.0535. The molecule has 14 heavy (non-hydrogen) atoms. The fourth-order valence-corrected chi connectivity index (χ4v) is 1.51. The molecule has 1 aliphatic heterocycles. The van der Waals surface area contributed by atoms with Crippen molar-refractivity contribution in [2.75, 3.05) is 0 Å². The fraction of sp³-hybridized carbons (Fsp3) is 0.125. The standard InChI is InChI=1S/C8H4ClN3O2/c9-5-2-1-4-3-14-8(13)6(4)7(5)11-12-10/h1-2H,3H2. The van der Waals surface area contributed by atoms with Gasteiger partial charge in [-0.05, 0) is 11.6 Å². The van der Waals surface area contributed by atoms with Crippen molar-refractivity contribution in [1.29, 1.82) is 0 Å². The van der Waals surface area contributed by atoms with E-state index in [0.717, 1.165) is 0 Å². The number of carbonyl (C=O) groups is 1. The third-order valence-electron chi connectivity index (χ3n) is 1.92. The summed E-state index contributed by atoms with van der Waals surface area (Å²) in [5.74, 6) is -0.495. The lowest BCUT2D eigenvalue weighted by Crippen LogP contribution is -1.94. The molecule has 1 aliphatic rings. The van der Waals surface area contributed by atoms with Crippen molar-refractivity contribution >= 4 is 23.3 Å². The van der Waals surface area contributed by atoms with E-state index in [2.05, 4.69) is 10.0 Å². The molecule has 1 aromatic carbocycles. The molecule has 0 atom stereocenters. The Kier molecular flexibility index (Phi) is 2.04. The maximum absolute atomic E-state index is 11.2. The number of carbonyl (C=O) groups excluding carboxylic acids is 1. The molecular formula is C8H4ClN3O2.